The smallest absolute Gasteiger partial charge is 0.165 e. The molecule has 0 unspecified atom stereocenters. The molecule has 5 nitrogen and oxygen atoms in total. The Hall–Kier alpha value is -9.49. The first-order valence-corrected chi connectivity index (χ1v) is 25.5. The minimum atomic E-state index is 0.604. The van der Waals surface area contributed by atoms with Crippen LogP contribution in [0.1, 0.15) is 0 Å². The molecule has 0 saturated heterocycles. The Bertz CT molecular complexity index is 4990. The standard InChI is InChI=1S/C67H38N4OS/c1-2-14-40(15-3-1)55-38-58-62(51-22-11-10-21-49(51)55)61-47-19-8-6-16-41(47)28-33-57(61)71(58)46-30-32-50-53-23-12-24-54(64(53)73-60(50)37-46)67-69-65(44-26-25-39-13-4-5-18-43(39)35-44)68-66(70-67)45-29-34-59-56(36-45)52-31-27-42-17-7-9-20-48(42)63(52)72-59/h1-38H. The highest BCUT2D eigenvalue weighted by atomic mass is 32.1. The van der Waals surface area contributed by atoms with Crippen LogP contribution in [0, 0.1) is 0 Å². The van der Waals surface area contributed by atoms with E-state index in [0.717, 1.165) is 65.2 Å². The first-order chi connectivity index (χ1) is 36.2. The summed E-state index contributed by atoms with van der Waals surface area (Å²) in [7, 11) is 0. The molecule has 6 heteroatoms. The summed E-state index contributed by atoms with van der Waals surface area (Å²) in [6.45, 7) is 0. The van der Waals surface area contributed by atoms with Crippen LogP contribution in [0.15, 0.2) is 235 Å². The third kappa shape index (κ3) is 6.11. The third-order valence-corrected chi connectivity index (χ3v) is 16.2. The highest BCUT2D eigenvalue weighted by molar-refractivity contribution is 7.26. The number of rotatable bonds is 5. The van der Waals surface area contributed by atoms with Crippen molar-refractivity contribution >= 4 is 118 Å². The summed E-state index contributed by atoms with van der Waals surface area (Å²) in [5, 5.41) is 16.5. The zero-order valence-electron chi connectivity index (χ0n) is 39.0. The number of fused-ring (bicyclic) bond motifs is 16. The highest BCUT2D eigenvalue weighted by Gasteiger charge is 2.22. The van der Waals surface area contributed by atoms with Gasteiger partial charge in [0.25, 0.3) is 0 Å². The first-order valence-electron chi connectivity index (χ1n) is 24.7. The molecular weight excluding hydrogens is 909 g/mol. The van der Waals surface area contributed by atoms with Crippen molar-refractivity contribution in [3.8, 4) is 51.0 Å². The summed E-state index contributed by atoms with van der Waals surface area (Å²) in [6.07, 6.45) is 0. The van der Waals surface area contributed by atoms with Crippen molar-refractivity contribution in [3.05, 3.63) is 231 Å². The molecule has 0 aliphatic rings. The Morgan fingerprint density at radius 2 is 0.973 bits per heavy atom. The molecule has 0 bridgehead atoms. The lowest BCUT2D eigenvalue weighted by molar-refractivity contribution is 0.672. The fraction of sp³-hybridized carbons (Fsp3) is 0. The van der Waals surface area contributed by atoms with Crippen LogP contribution in [0.3, 0.4) is 0 Å². The summed E-state index contributed by atoms with van der Waals surface area (Å²) >= 11 is 1.79. The summed E-state index contributed by atoms with van der Waals surface area (Å²) in [6, 6.07) is 82.8. The van der Waals surface area contributed by atoms with Crippen molar-refractivity contribution in [2.45, 2.75) is 0 Å². The zero-order chi connectivity index (χ0) is 47.7. The van der Waals surface area contributed by atoms with Gasteiger partial charge in [0.2, 0.25) is 0 Å². The lowest BCUT2D eigenvalue weighted by Gasteiger charge is -2.12. The van der Waals surface area contributed by atoms with E-state index < -0.39 is 0 Å². The van der Waals surface area contributed by atoms with Crippen LogP contribution in [0.2, 0.25) is 0 Å². The van der Waals surface area contributed by atoms with E-state index in [1.807, 2.05) is 6.07 Å². The van der Waals surface area contributed by atoms with Gasteiger partial charge in [-0.2, -0.15) is 0 Å². The van der Waals surface area contributed by atoms with E-state index in [0.29, 0.717) is 17.5 Å². The van der Waals surface area contributed by atoms with Gasteiger partial charge in [-0.3, -0.25) is 0 Å². The topological polar surface area (TPSA) is 56.7 Å². The van der Waals surface area contributed by atoms with Gasteiger partial charge in [0.15, 0.2) is 17.5 Å². The maximum absolute atomic E-state index is 6.54. The Balaban J connectivity index is 0.908. The predicted octanol–water partition coefficient (Wildman–Crippen LogP) is 18.5. The monoisotopic (exact) mass is 946 g/mol. The highest BCUT2D eigenvalue weighted by Crippen LogP contribution is 2.46. The van der Waals surface area contributed by atoms with E-state index in [-0.39, 0.29) is 0 Å². The molecule has 0 fully saturated rings. The Morgan fingerprint density at radius 3 is 1.82 bits per heavy atom. The van der Waals surface area contributed by atoms with Crippen molar-refractivity contribution in [2.75, 3.05) is 0 Å². The van der Waals surface area contributed by atoms with Crippen molar-refractivity contribution in [1.29, 1.82) is 0 Å². The maximum Gasteiger partial charge on any atom is 0.165 e. The minimum Gasteiger partial charge on any atom is -0.455 e. The van der Waals surface area contributed by atoms with Crippen LogP contribution in [-0.4, -0.2) is 19.5 Å². The van der Waals surface area contributed by atoms with Gasteiger partial charge in [0, 0.05) is 69.5 Å². The number of benzene rings is 12. The second-order valence-electron chi connectivity index (χ2n) is 19.1. The molecule has 0 aliphatic carbocycles. The van der Waals surface area contributed by atoms with Gasteiger partial charge in [-0.25, -0.2) is 15.0 Å². The fourth-order valence-electron chi connectivity index (χ4n) is 11.6. The Morgan fingerprint density at radius 1 is 0.342 bits per heavy atom. The van der Waals surface area contributed by atoms with Gasteiger partial charge < -0.3 is 8.98 Å². The Labute approximate surface area is 421 Å². The molecule has 0 radical (unpaired) electrons. The van der Waals surface area contributed by atoms with E-state index in [2.05, 4.69) is 229 Å². The summed E-state index contributed by atoms with van der Waals surface area (Å²) in [5.41, 5.74) is 10.4. The van der Waals surface area contributed by atoms with Crippen LogP contribution in [0.5, 0.6) is 0 Å². The van der Waals surface area contributed by atoms with Crippen LogP contribution < -0.4 is 0 Å². The van der Waals surface area contributed by atoms with Gasteiger partial charge in [0.05, 0.1) is 11.0 Å². The number of hydrogen-bond donors (Lipinski definition) is 0. The van der Waals surface area contributed by atoms with Gasteiger partial charge >= 0.3 is 0 Å². The average Bonchev–Trinajstić information content (AvgIpc) is 4.14. The van der Waals surface area contributed by atoms with E-state index in [9.17, 15) is 0 Å². The van der Waals surface area contributed by atoms with E-state index in [1.165, 1.54) is 75.3 Å². The number of nitrogens with zero attached hydrogens (tertiary/aromatic N) is 4. The molecule has 16 rings (SSSR count). The molecule has 0 spiro atoms. The summed E-state index contributed by atoms with van der Waals surface area (Å²) < 4.78 is 11.3. The quantitative estimate of drug-likeness (QED) is 0.172. The summed E-state index contributed by atoms with van der Waals surface area (Å²) in [4.78, 5) is 15.9. The molecule has 338 valence electrons. The first kappa shape index (κ1) is 40.3. The Kier molecular flexibility index (Phi) is 8.55. The predicted molar refractivity (Wildman–Crippen MR) is 306 cm³/mol. The van der Waals surface area contributed by atoms with Gasteiger partial charge in [-0.05, 0) is 109 Å². The lowest BCUT2D eigenvalue weighted by Crippen LogP contribution is -2.00. The average molecular weight is 947 g/mol. The molecule has 16 aromatic rings. The van der Waals surface area contributed by atoms with Crippen molar-refractivity contribution in [3.63, 3.8) is 0 Å². The van der Waals surface area contributed by atoms with Gasteiger partial charge in [-0.1, -0.05) is 170 Å². The molecule has 4 heterocycles. The van der Waals surface area contributed by atoms with Crippen LogP contribution in [0.4, 0.5) is 0 Å². The summed E-state index contributed by atoms with van der Waals surface area (Å²) in [5.74, 6) is 1.85. The van der Waals surface area contributed by atoms with E-state index in [4.69, 9.17) is 19.4 Å². The van der Waals surface area contributed by atoms with Crippen molar-refractivity contribution in [2.24, 2.45) is 0 Å². The minimum absolute atomic E-state index is 0.604. The SMILES string of the molecule is c1ccc(-c2cc3c(c4ccccc24)c2c4ccccc4ccc2n3-c2ccc3c(c2)sc2c(-c4nc(-c5ccc6ccccc6c5)nc(-c5ccc6oc7c8ccccc8ccc7c6c5)n4)cccc23)cc1. The van der Waals surface area contributed by atoms with E-state index >= 15 is 0 Å². The number of thiophene rings is 1. The van der Waals surface area contributed by atoms with Crippen LogP contribution >= 0.6 is 11.3 Å². The van der Waals surface area contributed by atoms with E-state index in [1.54, 1.807) is 11.3 Å². The lowest BCUT2D eigenvalue weighted by atomic mass is 9.94. The molecular formula is C67H38N4OS. The third-order valence-electron chi connectivity index (χ3n) is 15.0. The molecule has 4 aromatic heterocycles. The van der Waals surface area contributed by atoms with Crippen molar-refractivity contribution < 1.29 is 4.42 Å². The molecule has 73 heavy (non-hydrogen) atoms. The normalized spacial score (nSPS) is 12.1. The molecule has 0 aliphatic heterocycles. The molecule has 0 atom stereocenters. The zero-order valence-corrected chi connectivity index (χ0v) is 39.9. The fourth-order valence-corrected chi connectivity index (χ4v) is 12.8. The van der Waals surface area contributed by atoms with Crippen LogP contribution in [0.25, 0.3) is 158 Å². The maximum atomic E-state index is 6.54. The molecule has 0 amide bonds. The van der Waals surface area contributed by atoms with Gasteiger partial charge in [0.1, 0.15) is 11.2 Å². The number of hydrogen-bond acceptors (Lipinski definition) is 5. The largest absolute Gasteiger partial charge is 0.455 e. The second kappa shape index (κ2) is 15.5. The molecule has 0 saturated carbocycles. The molecule has 0 N–H and O–H groups in total. The van der Waals surface area contributed by atoms with Crippen LogP contribution in [-0.2, 0) is 0 Å². The molecule has 12 aromatic carbocycles. The number of furan rings is 1. The second-order valence-corrected chi connectivity index (χ2v) is 20.1. The van der Waals surface area contributed by atoms with Gasteiger partial charge in [-0.15, -0.1) is 11.3 Å². The van der Waals surface area contributed by atoms with Crippen molar-refractivity contribution in [1.82, 2.24) is 19.5 Å². The number of aromatic nitrogens is 4.